The van der Waals surface area contributed by atoms with Crippen molar-refractivity contribution in [2.24, 2.45) is 5.41 Å². The van der Waals surface area contributed by atoms with Gasteiger partial charge in [-0.3, -0.25) is 9.69 Å². The van der Waals surface area contributed by atoms with Crippen LogP contribution in [-0.2, 0) is 16.1 Å². The topological polar surface area (TPSA) is 60.9 Å². The molecule has 0 bridgehead atoms. The first-order chi connectivity index (χ1) is 11.4. The summed E-state index contributed by atoms with van der Waals surface area (Å²) in [6.07, 6.45) is 3.49. The second-order valence-corrected chi connectivity index (χ2v) is 8.34. The van der Waals surface area contributed by atoms with E-state index in [1.54, 1.807) is 11.8 Å². The van der Waals surface area contributed by atoms with Gasteiger partial charge in [-0.25, -0.2) is 4.79 Å². The summed E-state index contributed by atoms with van der Waals surface area (Å²) in [5.41, 5.74) is 1.48. The van der Waals surface area contributed by atoms with Crippen molar-refractivity contribution >= 4 is 23.2 Å². The van der Waals surface area contributed by atoms with E-state index in [0.717, 1.165) is 38.9 Å². The Balaban J connectivity index is 1.61. The predicted molar refractivity (Wildman–Crippen MR) is 94.0 cm³/mol. The lowest BCUT2D eigenvalue weighted by Crippen LogP contribution is -2.55. The summed E-state index contributed by atoms with van der Waals surface area (Å²) in [6, 6.07) is 1.45. The number of rotatable bonds is 4. The van der Waals surface area contributed by atoms with E-state index in [0.29, 0.717) is 13.0 Å². The fraction of sp³-hybridized carbons (Fsp3) is 0.667. The summed E-state index contributed by atoms with van der Waals surface area (Å²) >= 11 is 1.82. The van der Waals surface area contributed by atoms with Crippen LogP contribution in [0.4, 0.5) is 0 Å². The van der Waals surface area contributed by atoms with Crippen molar-refractivity contribution in [3.8, 4) is 0 Å². The first-order valence-electron chi connectivity index (χ1n) is 8.68. The maximum absolute atomic E-state index is 12.1. The van der Waals surface area contributed by atoms with Crippen molar-refractivity contribution in [1.29, 1.82) is 0 Å². The van der Waals surface area contributed by atoms with E-state index in [1.807, 2.05) is 11.3 Å². The van der Waals surface area contributed by atoms with E-state index in [-0.39, 0.29) is 11.3 Å². The number of amides is 1. The number of thiophene rings is 1. The number of likely N-dealkylation sites (tertiary alicyclic amines) is 2. The monoisotopic (exact) mass is 350 g/mol. The van der Waals surface area contributed by atoms with Crippen molar-refractivity contribution < 1.29 is 14.7 Å². The van der Waals surface area contributed by atoms with Gasteiger partial charge in [-0.1, -0.05) is 0 Å². The average molecular weight is 350 g/mol. The summed E-state index contributed by atoms with van der Waals surface area (Å²) in [4.78, 5) is 28.9. The Kier molecular flexibility index (Phi) is 4.97. The van der Waals surface area contributed by atoms with Crippen LogP contribution in [0.15, 0.2) is 11.4 Å². The molecule has 5 nitrogen and oxygen atoms in total. The Hall–Kier alpha value is -1.40. The van der Waals surface area contributed by atoms with Crippen LogP contribution in [0.5, 0.6) is 0 Å². The maximum atomic E-state index is 12.1. The summed E-state index contributed by atoms with van der Waals surface area (Å²) < 4.78 is 0. The SMILES string of the molecule is Cc1ccsc1CN1CCC2(CCC(=O)N([C@H](C)C(=O)O)C2)CC1. The van der Waals surface area contributed by atoms with Gasteiger partial charge in [-0.15, -0.1) is 11.3 Å². The minimum atomic E-state index is -0.911. The van der Waals surface area contributed by atoms with Crippen molar-refractivity contribution in [1.82, 2.24) is 9.80 Å². The van der Waals surface area contributed by atoms with Crippen LogP contribution >= 0.6 is 11.3 Å². The lowest BCUT2D eigenvalue weighted by Gasteiger charge is -2.48. The summed E-state index contributed by atoms with van der Waals surface area (Å²) in [7, 11) is 0. The van der Waals surface area contributed by atoms with Crippen LogP contribution in [0, 0.1) is 12.3 Å². The Morgan fingerprint density at radius 2 is 2.08 bits per heavy atom. The van der Waals surface area contributed by atoms with Gasteiger partial charge in [-0.2, -0.15) is 0 Å². The lowest BCUT2D eigenvalue weighted by atomic mass is 9.72. The van der Waals surface area contributed by atoms with Crippen LogP contribution in [0.25, 0.3) is 0 Å². The predicted octanol–water partition coefficient (Wildman–Crippen LogP) is 2.73. The van der Waals surface area contributed by atoms with E-state index >= 15 is 0 Å². The zero-order valence-corrected chi connectivity index (χ0v) is 15.3. The average Bonchev–Trinajstić information content (AvgIpc) is 2.96. The highest BCUT2D eigenvalue weighted by atomic mass is 32.1. The third-order valence-corrected chi connectivity index (χ3v) is 6.78. The number of carboxylic acid groups (broad SMARTS) is 1. The van der Waals surface area contributed by atoms with Crippen LogP contribution in [0.3, 0.4) is 0 Å². The van der Waals surface area contributed by atoms with Crippen LogP contribution in [0.2, 0.25) is 0 Å². The zero-order chi connectivity index (χ0) is 17.3. The Labute approximate surface area is 147 Å². The molecule has 6 heteroatoms. The molecule has 1 aromatic rings. The molecule has 2 saturated heterocycles. The summed E-state index contributed by atoms with van der Waals surface area (Å²) in [5.74, 6) is -0.918. The fourth-order valence-corrected chi connectivity index (χ4v) is 4.84. The molecule has 132 valence electrons. The Morgan fingerprint density at radius 1 is 1.38 bits per heavy atom. The first-order valence-corrected chi connectivity index (χ1v) is 9.56. The minimum absolute atomic E-state index is 0.00725. The molecule has 3 heterocycles. The first kappa shape index (κ1) is 17.4. The third-order valence-electron chi connectivity index (χ3n) is 5.77. The van der Waals surface area contributed by atoms with E-state index in [9.17, 15) is 14.7 Å². The Bertz CT molecular complexity index is 620. The highest BCUT2D eigenvalue weighted by Crippen LogP contribution is 2.41. The Morgan fingerprint density at radius 3 is 2.67 bits per heavy atom. The van der Waals surface area contributed by atoms with Gasteiger partial charge in [0.05, 0.1) is 0 Å². The molecule has 1 spiro atoms. The zero-order valence-electron chi connectivity index (χ0n) is 14.5. The summed E-state index contributed by atoms with van der Waals surface area (Å²) in [6.45, 7) is 7.45. The second-order valence-electron chi connectivity index (χ2n) is 7.34. The number of hydrogen-bond acceptors (Lipinski definition) is 4. The molecule has 0 saturated carbocycles. The largest absolute Gasteiger partial charge is 0.480 e. The van der Waals surface area contributed by atoms with Crippen LogP contribution in [-0.4, -0.2) is 52.5 Å². The molecule has 0 radical (unpaired) electrons. The molecule has 3 rings (SSSR count). The minimum Gasteiger partial charge on any atom is -0.480 e. The third kappa shape index (κ3) is 3.49. The van der Waals surface area contributed by atoms with Crippen molar-refractivity contribution in [2.75, 3.05) is 19.6 Å². The normalized spacial score (nSPS) is 22.8. The van der Waals surface area contributed by atoms with Gasteiger partial charge in [-0.05, 0) is 68.6 Å². The number of piperidine rings is 2. The standard InChI is InChI=1S/C18H26N2O3S/c1-13-4-10-24-15(13)11-19-8-6-18(7-9-19)5-3-16(21)20(12-18)14(2)17(22)23/h4,10,14H,3,5-9,11-12H2,1-2H3,(H,22,23)/t14-/m1/s1. The van der Waals surface area contributed by atoms with Gasteiger partial charge in [0.25, 0.3) is 0 Å². The molecule has 24 heavy (non-hydrogen) atoms. The van der Waals surface area contributed by atoms with Gasteiger partial charge < -0.3 is 10.0 Å². The maximum Gasteiger partial charge on any atom is 0.326 e. The van der Waals surface area contributed by atoms with E-state index < -0.39 is 12.0 Å². The molecule has 0 aromatic carbocycles. The number of aryl methyl sites for hydroxylation is 1. The van der Waals surface area contributed by atoms with E-state index in [4.69, 9.17) is 0 Å². The molecular formula is C18H26N2O3S. The number of carbonyl (C=O) groups excluding carboxylic acids is 1. The molecule has 0 aliphatic carbocycles. The molecule has 2 aliphatic rings. The van der Waals surface area contributed by atoms with Crippen LogP contribution < -0.4 is 0 Å². The molecule has 2 aliphatic heterocycles. The molecule has 1 amide bonds. The summed E-state index contributed by atoms with van der Waals surface area (Å²) in [5, 5.41) is 11.4. The number of hydrogen-bond donors (Lipinski definition) is 1. The molecule has 1 N–H and O–H groups in total. The molecular weight excluding hydrogens is 324 g/mol. The smallest absolute Gasteiger partial charge is 0.326 e. The van der Waals surface area contributed by atoms with Gasteiger partial charge in [0, 0.05) is 24.4 Å². The van der Waals surface area contributed by atoms with Crippen LogP contribution in [0.1, 0.15) is 43.0 Å². The van der Waals surface area contributed by atoms with Crippen molar-refractivity contribution in [3.05, 3.63) is 21.9 Å². The molecule has 2 fully saturated rings. The van der Waals surface area contributed by atoms with Crippen molar-refractivity contribution in [3.63, 3.8) is 0 Å². The molecule has 1 atom stereocenters. The van der Waals surface area contributed by atoms with Crippen molar-refractivity contribution in [2.45, 2.75) is 52.1 Å². The van der Waals surface area contributed by atoms with Gasteiger partial charge in [0.1, 0.15) is 6.04 Å². The number of carbonyl (C=O) groups is 2. The van der Waals surface area contributed by atoms with Gasteiger partial charge in [0.15, 0.2) is 0 Å². The number of carboxylic acids is 1. The van der Waals surface area contributed by atoms with Gasteiger partial charge >= 0.3 is 5.97 Å². The van der Waals surface area contributed by atoms with Gasteiger partial charge in [0.2, 0.25) is 5.91 Å². The molecule has 1 aromatic heterocycles. The highest BCUT2D eigenvalue weighted by molar-refractivity contribution is 7.10. The van der Waals surface area contributed by atoms with E-state index in [2.05, 4.69) is 23.3 Å². The second kappa shape index (κ2) is 6.84. The molecule has 0 unspecified atom stereocenters. The quantitative estimate of drug-likeness (QED) is 0.907. The fourth-order valence-electron chi connectivity index (χ4n) is 3.89. The number of nitrogens with zero attached hydrogens (tertiary/aromatic N) is 2. The number of aliphatic carboxylic acids is 1. The lowest BCUT2D eigenvalue weighted by molar-refractivity contribution is -0.155. The van der Waals surface area contributed by atoms with E-state index in [1.165, 1.54) is 10.4 Å². The highest BCUT2D eigenvalue weighted by Gasteiger charge is 2.43.